The van der Waals surface area contributed by atoms with Crippen molar-refractivity contribution in [3.8, 4) is 11.1 Å². The summed E-state index contributed by atoms with van der Waals surface area (Å²) in [7, 11) is 0. The summed E-state index contributed by atoms with van der Waals surface area (Å²) in [6, 6.07) is 12.0. The molecule has 1 aliphatic rings. The van der Waals surface area contributed by atoms with Crippen molar-refractivity contribution >= 4 is 34.9 Å². The van der Waals surface area contributed by atoms with Crippen molar-refractivity contribution in [2.24, 2.45) is 0 Å². The van der Waals surface area contributed by atoms with Crippen LogP contribution in [0.25, 0.3) is 11.1 Å². The zero-order valence-electron chi connectivity index (χ0n) is 14.9. The van der Waals surface area contributed by atoms with Crippen molar-refractivity contribution in [2.45, 2.75) is 19.4 Å². The smallest absolute Gasteiger partial charge is 0.251 e. The zero-order chi connectivity index (χ0) is 19.8. The van der Waals surface area contributed by atoms with Crippen molar-refractivity contribution in [3.05, 3.63) is 65.1 Å². The molecular formula is C20H16ClFN4O2. The Kier molecular flexibility index (Phi) is 4.60. The van der Waals surface area contributed by atoms with Crippen molar-refractivity contribution in [1.82, 2.24) is 9.78 Å². The number of rotatable bonds is 4. The quantitative estimate of drug-likeness (QED) is 0.692. The van der Waals surface area contributed by atoms with Gasteiger partial charge in [-0.3, -0.25) is 9.59 Å². The lowest BCUT2D eigenvalue weighted by molar-refractivity contribution is -0.123. The minimum absolute atomic E-state index is 0.115. The molecule has 3 aromatic rings. The van der Waals surface area contributed by atoms with Crippen LogP contribution in [0.4, 0.5) is 15.9 Å². The van der Waals surface area contributed by atoms with E-state index in [9.17, 15) is 14.0 Å². The summed E-state index contributed by atoms with van der Waals surface area (Å²) in [4.78, 5) is 24.8. The molecule has 2 amide bonds. The number of aryl methyl sites for hydroxylation is 1. The third kappa shape index (κ3) is 3.36. The van der Waals surface area contributed by atoms with Gasteiger partial charge in [-0.25, -0.2) is 9.07 Å². The number of benzene rings is 2. The van der Waals surface area contributed by atoms with Crippen LogP contribution in [0.5, 0.6) is 0 Å². The molecule has 142 valence electrons. The number of nitrogens with zero attached hydrogens (tertiary/aromatic N) is 2. The van der Waals surface area contributed by atoms with Crippen LogP contribution in [0.1, 0.15) is 18.2 Å². The minimum atomic E-state index is -0.775. The first-order valence-electron chi connectivity index (χ1n) is 8.63. The van der Waals surface area contributed by atoms with Gasteiger partial charge in [0.1, 0.15) is 17.7 Å². The lowest BCUT2D eigenvalue weighted by Crippen LogP contribution is -2.23. The molecule has 0 aliphatic carbocycles. The van der Waals surface area contributed by atoms with Gasteiger partial charge < -0.3 is 10.6 Å². The van der Waals surface area contributed by atoms with Gasteiger partial charge in [0, 0.05) is 16.3 Å². The lowest BCUT2D eigenvalue weighted by atomic mass is 10.1. The van der Waals surface area contributed by atoms with Crippen LogP contribution in [0.15, 0.2) is 48.5 Å². The molecule has 1 aromatic heterocycles. The number of hydrogen-bond acceptors (Lipinski definition) is 3. The molecule has 6 nitrogen and oxygen atoms in total. The van der Waals surface area contributed by atoms with Gasteiger partial charge in [0.2, 0.25) is 5.91 Å². The number of hydrogen-bond donors (Lipinski definition) is 2. The summed E-state index contributed by atoms with van der Waals surface area (Å²) < 4.78 is 14.8. The van der Waals surface area contributed by atoms with Crippen molar-refractivity contribution in [1.29, 1.82) is 0 Å². The Morgan fingerprint density at radius 2 is 2.04 bits per heavy atom. The molecule has 0 radical (unpaired) electrons. The van der Waals surface area contributed by atoms with Gasteiger partial charge in [0.05, 0.1) is 12.1 Å². The molecule has 1 unspecified atom stereocenters. The van der Waals surface area contributed by atoms with E-state index in [1.165, 1.54) is 22.9 Å². The molecule has 2 N–H and O–H groups in total. The lowest BCUT2D eigenvalue weighted by Gasteiger charge is -2.10. The highest BCUT2D eigenvalue weighted by Crippen LogP contribution is 2.38. The summed E-state index contributed by atoms with van der Waals surface area (Å²) in [5.41, 5.74) is 2.72. The Bertz CT molecular complexity index is 1080. The van der Waals surface area contributed by atoms with E-state index >= 15 is 0 Å². The number of carbonyl (C=O) groups excluding carboxylic acids is 2. The predicted molar refractivity (Wildman–Crippen MR) is 105 cm³/mol. The maximum absolute atomic E-state index is 13.3. The highest BCUT2D eigenvalue weighted by atomic mass is 35.5. The molecule has 4 rings (SSSR count). The zero-order valence-corrected chi connectivity index (χ0v) is 15.6. The van der Waals surface area contributed by atoms with E-state index in [4.69, 9.17) is 11.6 Å². The van der Waals surface area contributed by atoms with Crippen molar-refractivity contribution in [3.63, 3.8) is 0 Å². The second-order valence-corrected chi connectivity index (χ2v) is 6.96. The predicted octanol–water partition coefficient (Wildman–Crippen LogP) is 4.17. The average molecular weight is 399 g/mol. The molecule has 1 aliphatic heterocycles. The van der Waals surface area contributed by atoms with Crippen molar-refractivity contribution in [2.75, 3.05) is 10.6 Å². The third-order valence-electron chi connectivity index (χ3n) is 4.54. The molecule has 0 bridgehead atoms. The van der Waals surface area contributed by atoms with Crippen LogP contribution in [0.2, 0.25) is 5.02 Å². The van der Waals surface area contributed by atoms with E-state index in [2.05, 4.69) is 15.7 Å². The fraction of sp³-hybridized carbons (Fsp3) is 0.150. The monoisotopic (exact) mass is 398 g/mol. The summed E-state index contributed by atoms with van der Waals surface area (Å²) in [5.74, 6) is -0.616. The molecular weight excluding hydrogens is 383 g/mol. The van der Waals surface area contributed by atoms with Crippen LogP contribution in [0.3, 0.4) is 0 Å². The number of nitrogens with one attached hydrogen (secondary N) is 2. The first kappa shape index (κ1) is 18.2. The fourth-order valence-electron chi connectivity index (χ4n) is 3.30. The highest BCUT2D eigenvalue weighted by molar-refractivity contribution is 6.30. The Hall–Kier alpha value is -3.19. The first-order valence-corrected chi connectivity index (χ1v) is 9.01. The molecule has 0 fully saturated rings. The average Bonchev–Trinajstić information content (AvgIpc) is 3.10. The van der Waals surface area contributed by atoms with Crippen LogP contribution < -0.4 is 10.6 Å². The van der Waals surface area contributed by atoms with Gasteiger partial charge in [0.15, 0.2) is 0 Å². The van der Waals surface area contributed by atoms with E-state index in [0.29, 0.717) is 16.5 Å². The minimum Gasteiger partial charge on any atom is -0.326 e. The molecule has 2 aromatic carbocycles. The first-order chi connectivity index (χ1) is 13.4. The summed E-state index contributed by atoms with van der Waals surface area (Å²) in [6.45, 7) is 1.84. The van der Waals surface area contributed by atoms with Gasteiger partial charge in [-0.1, -0.05) is 29.8 Å². The summed E-state index contributed by atoms with van der Waals surface area (Å²) >= 11 is 5.95. The number of aromatic nitrogens is 2. The largest absolute Gasteiger partial charge is 0.326 e. The van der Waals surface area contributed by atoms with E-state index in [1.54, 1.807) is 18.2 Å². The van der Waals surface area contributed by atoms with Crippen LogP contribution >= 0.6 is 11.6 Å². The maximum Gasteiger partial charge on any atom is 0.251 e. The van der Waals surface area contributed by atoms with Crippen LogP contribution in [-0.4, -0.2) is 21.6 Å². The molecule has 2 heterocycles. The topological polar surface area (TPSA) is 76.0 Å². The van der Waals surface area contributed by atoms with E-state index in [0.717, 1.165) is 16.8 Å². The van der Waals surface area contributed by atoms with Gasteiger partial charge >= 0.3 is 0 Å². The third-order valence-corrected chi connectivity index (χ3v) is 4.80. The van der Waals surface area contributed by atoms with Gasteiger partial charge in [0.25, 0.3) is 5.91 Å². The van der Waals surface area contributed by atoms with E-state index < -0.39 is 17.8 Å². The van der Waals surface area contributed by atoms with Crippen LogP contribution in [-0.2, 0) is 9.59 Å². The van der Waals surface area contributed by atoms with Gasteiger partial charge in [-0.2, -0.15) is 5.10 Å². The molecule has 0 spiro atoms. The van der Waals surface area contributed by atoms with Gasteiger partial charge in [-0.05, 0) is 42.8 Å². The number of amides is 2. The molecule has 28 heavy (non-hydrogen) atoms. The number of carbonyl (C=O) groups is 2. The molecule has 1 atom stereocenters. The molecule has 0 saturated carbocycles. The second-order valence-electron chi connectivity index (χ2n) is 6.53. The Morgan fingerprint density at radius 1 is 1.29 bits per heavy atom. The number of halogens is 2. The summed E-state index contributed by atoms with van der Waals surface area (Å²) in [6.07, 6.45) is -0.115. The Balaban J connectivity index is 1.58. The molecule has 0 saturated heterocycles. The Labute approximate surface area is 165 Å². The fourth-order valence-corrected chi connectivity index (χ4v) is 3.43. The highest BCUT2D eigenvalue weighted by Gasteiger charge is 2.36. The normalized spacial score (nSPS) is 15.2. The van der Waals surface area contributed by atoms with E-state index in [-0.39, 0.29) is 12.3 Å². The standard InChI is InChI=1S/C20H16ClFN4O2/c1-11-18(12-5-7-13(21)8-6-12)19-24-20(28)16(26(19)25-11)10-17(27)23-15-4-2-3-14(22)9-15/h2-9,16H,10H2,1H3,(H,23,27)(H,24,28). The number of fused-ring (bicyclic) bond motifs is 1. The van der Waals surface area contributed by atoms with E-state index in [1.807, 2.05) is 19.1 Å². The van der Waals surface area contributed by atoms with Crippen LogP contribution in [0, 0.1) is 12.7 Å². The second kappa shape index (κ2) is 7.09. The number of anilines is 2. The molecule has 8 heteroatoms. The SMILES string of the molecule is Cc1nn2c(c1-c1ccc(Cl)cc1)NC(=O)C2CC(=O)Nc1cccc(F)c1. The van der Waals surface area contributed by atoms with Crippen molar-refractivity contribution < 1.29 is 14.0 Å². The van der Waals surface area contributed by atoms with Gasteiger partial charge in [-0.15, -0.1) is 0 Å². The maximum atomic E-state index is 13.3. The summed E-state index contributed by atoms with van der Waals surface area (Å²) in [5, 5.41) is 10.5. The Morgan fingerprint density at radius 3 is 2.75 bits per heavy atom.